The van der Waals surface area contributed by atoms with Gasteiger partial charge in [0.05, 0.1) is 6.26 Å². The van der Waals surface area contributed by atoms with Gasteiger partial charge in [0, 0.05) is 6.54 Å². The Hall–Kier alpha value is -0.130. The summed E-state index contributed by atoms with van der Waals surface area (Å²) in [4.78, 5) is 0. The molecule has 0 amide bonds. The van der Waals surface area contributed by atoms with Crippen molar-refractivity contribution in [3.63, 3.8) is 0 Å². The van der Waals surface area contributed by atoms with Gasteiger partial charge in [0.1, 0.15) is 0 Å². The van der Waals surface area contributed by atoms with Gasteiger partial charge in [0.2, 0.25) is 10.0 Å². The first-order chi connectivity index (χ1) is 7.99. The summed E-state index contributed by atoms with van der Waals surface area (Å²) in [6.07, 6.45) is 7.11. The number of nitrogens with one attached hydrogen (secondary N) is 2. The summed E-state index contributed by atoms with van der Waals surface area (Å²) >= 11 is 0. The highest BCUT2D eigenvalue weighted by atomic mass is 32.2. The maximum Gasteiger partial charge on any atom is 0.208 e. The van der Waals surface area contributed by atoms with E-state index < -0.39 is 10.0 Å². The highest BCUT2D eigenvalue weighted by Crippen LogP contribution is 2.10. The Morgan fingerprint density at radius 3 is 2.35 bits per heavy atom. The zero-order valence-electron chi connectivity index (χ0n) is 11.5. The zero-order chi connectivity index (χ0) is 13.1. The Balaban J connectivity index is 3.42. The van der Waals surface area contributed by atoms with E-state index in [0.29, 0.717) is 6.54 Å². The minimum Gasteiger partial charge on any atom is -0.316 e. The lowest BCUT2D eigenvalue weighted by Crippen LogP contribution is -2.28. The van der Waals surface area contributed by atoms with E-state index in [9.17, 15) is 8.42 Å². The molecule has 2 N–H and O–H groups in total. The van der Waals surface area contributed by atoms with Crippen molar-refractivity contribution in [3.05, 3.63) is 0 Å². The van der Waals surface area contributed by atoms with Crippen LogP contribution in [0.25, 0.3) is 0 Å². The van der Waals surface area contributed by atoms with Gasteiger partial charge in [-0.25, -0.2) is 13.1 Å². The molecule has 0 aliphatic heterocycles. The molecule has 0 bridgehead atoms. The Bertz CT molecular complexity index is 266. The average Bonchev–Trinajstić information content (AvgIpc) is 2.25. The number of sulfonamides is 1. The SMILES string of the molecule is CCCCC(CC)CNCCCNS(C)(=O)=O. The van der Waals surface area contributed by atoms with Crippen LogP contribution >= 0.6 is 0 Å². The maximum absolute atomic E-state index is 10.8. The normalized spacial score (nSPS) is 13.8. The number of hydrogen-bond donors (Lipinski definition) is 2. The molecule has 1 atom stereocenters. The first-order valence-electron chi connectivity index (χ1n) is 6.65. The van der Waals surface area contributed by atoms with E-state index in [1.165, 1.54) is 31.9 Å². The largest absolute Gasteiger partial charge is 0.316 e. The lowest BCUT2D eigenvalue weighted by Gasteiger charge is -2.15. The lowest BCUT2D eigenvalue weighted by atomic mass is 9.99. The van der Waals surface area contributed by atoms with Crippen molar-refractivity contribution in [2.24, 2.45) is 5.92 Å². The minimum atomic E-state index is -3.02. The molecule has 0 radical (unpaired) electrons. The molecule has 0 aliphatic rings. The monoisotopic (exact) mass is 264 g/mol. The molecule has 104 valence electrons. The molecule has 0 saturated heterocycles. The summed E-state index contributed by atoms with van der Waals surface area (Å²) < 4.78 is 24.1. The fraction of sp³-hybridized carbons (Fsp3) is 1.00. The Labute approximate surface area is 107 Å². The highest BCUT2D eigenvalue weighted by molar-refractivity contribution is 7.88. The predicted molar refractivity (Wildman–Crippen MR) is 73.6 cm³/mol. The van der Waals surface area contributed by atoms with E-state index in [0.717, 1.165) is 25.4 Å². The van der Waals surface area contributed by atoms with Gasteiger partial charge in [-0.15, -0.1) is 0 Å². The van der Waals surface area contributed by atoms with Crippen LogP contribution in [-0.4, -0.2) is 34.3 Å². The van der Waals surface area contributed by atoms with Gasteiger partial charge in [0.15, 0.2) is 0 Å². The smallest absolute Gasteiger partial charge is 0.208 e. The molecule has 0 rings (SSSR count). The van der Waals surface area contributed by atoms with Crippen molar-refractivity contribution in [3.8, 4) is 0 Å². The molecule has 0 aromatic heterocycles. The van der Waals surface area contributed by atoms with Crippen LogP contribution in [0.3, 0.4) is 0 Å². The first kappa shape index (κ1) is 16.9. The van der Waals surface area contributed by atoms with Crippen LogP contribution in [0.5, 0.6) is 0 Å². The number of rotatable bonds is 11. The van der Waals surface area contributed by atoms with Gasteiger partial charge >= 0.3 is 0 Å². The van der Waals surface area contributed by atoms with Crippen LogP contribution in [0.2, 0.25) is 0 Å². The van der Waals surface area contributed by atoms with Crippen LogP contribution in [0.15, 0.2) is 0 Å². The molecular formula is C12H28N2O2S. The van der Waals surface area contributed by atoms with Gasteiger partial charge in [-0.1, -0.05) is 33.1 Å². The highest BCUT2D eigenvalue weighted by Gasteiger charge is 2.04. The Kier molecular flexibility index (Phi) is 9.78. The van der Waals surface area contributed by atoms with E-state index in [1.807, 2.05) is 0 Å². The summed E-state index contributed by atoms with van der Waals surface area (Å²) in [6, 6.07) is 0. The van der Waals surface area contributed by atoms with Gasteiger partial charge in [-0.2, -0.15) is 0 Å². The van der Waals surface area contributed by atoms with E-state index in [1.54, 1.807) is 0 Å². The van der Waals surface area contributed by atoms with Crippen LogP contribution in [0.4, 0.5) is 0 Å². The van der Waals surface area contributed by atoms with Crippen molar-refractivity contribution in [1.29, 1.82) is 0 Å². The minimum absolute atomic E-state index is 0.525. The third-order valence-electron chi connectivity index (χ3n) is 2.87. The molecule has 0 spiro atoms. The Morgan fingerprint density at radius 2 is 1.82 bits per heavy atom. The second kappa shape index (κ2) is 9.85. The average molecular weight is 264 g/mol. The summed E-state index contributed by atoms with van der Waals surface area (Å²) in [5.41, 5.74) is 0. The molecule has 0 aliphatic carbocycles. The molecular weight excluding hydrogens is 236 g/mol. The van der Waals surface area contributed by atoms with Crippen molar-refractivity contribution < 1.29 is 8.42 Å². The molecule has 4 nitrogen and oxygen atoms in total. The van der Waals surface area contributed by atoms with E-state index in [2.05, 4.69) is 23.9 Å². The zero-order valence-corrected chi connectivity index (χ0v) is 12.3. The quantitative estimate of drug-likeness (QED) is 0.559. The second-order valence-electron chi connectivity index (χ2n) is 4.64. The molecule has 17 heavy (non-hydrogen) atoms. The molecule has 0 heterocycles. The third-order valence-corrected chi connectivity index (χ3v) is 3.60. The number of unbranched alkanes of at least 4 members (excludes halogenated alkanes) is 1. The fourth-order valence-electron chi connectivity index (χ4n) is 1.72. The van der Waals surface area contributed by atoms with E-state index in [-0.39, 0.29) is 0 Å². The van der Waals surface area contributed by atoms with Crippen molar-refractivity contribution in [2.45, 2.75) is 46.0 Å². The van der Waals surface area contributed by atoms with Gasteiger partial charge in [-0.3, -0.25) is 0 Å². The van der Waals surface area contributed by atoms with E-state index in [4.69, 9.17) is 0 Å². The third kappa shape index (κ3) is 12.1. The van der Waals surface area contributed by atoms with Gasteiger partial charge in [-0.05, 0) is 31.8 Å². The van der Waals surface area contributed by atoms with Gasteiger partial charge in [0.25, 0.3) is 0 Å². The molecule has 5 heteroatoms. The van der Waals surface area contributed by atoms with Gasteiger partial charge < -0.3 is 5.32 Å². The fourth-order valence-corrected chi connectivity index (χ4v) is 2.24. The van der Waals surface area contributed by atoms with E-state index >= 15 is 0 Å². The topological polar surface area (TPSA) is 58.2 Å². The number of hydrogen-bond acceptors (Lipinski definition) is 3. The van der Waals surface area contributed by atoms with Crippen LogP contribution < -0.4 is 10.0 Å². The molecule has 0 aromatic rings. The summed E-state index contributed by atoms with van der Waals surface area (Å²) in [5.74, 6) is 0.762. The van der Waals surface area contributed by atoms with Crippen molar-refractivity contribution >= 4 is 10.0 Å². The van der Waals surface area contributed by atoms with Crippen LogP contribution in [0.1, 0.15) is 46.0 Å². The second-order valence-corrected chi connectivity index (χ2v) is 6.47. The maximum atomic E-state index is 10.8. The lowest BCUT2D eigenvalue weighted by molar-refractivity contribution is 0.418. The molecule has 1 unspecified atom stereocenters. The molecule has 0 saturated carbocycles. The van der Waals surface area contributed by atoms with Crippen molar-refractivity contribution in [1.82, 2.24) is 10.0 Å². The summed E-state index contributed by atoms with van der Waals surface area (Å²) in [6.45, 7) is 6.91. The van der Waals surface area contributed by atoms with Crippen molar-refractivity contribution in [2.75, 3.05) is 25.9 Å². The molecule has 0 aromatic carbocycles. The van der Waals surface area contributed by atoms with Crippen LogP contribution in [-0.2, 0) is 10.0 Å². The molecule has 0 fully saturated rings. The Morgan fingerprint density at radius 1 is 1.12 bits per heavy atom. The standard InChI is InChI=1S/C12H28N2O2S/c1-4-6-8-12(5-2)11-13-9-7-10-14-17(3,15)16/h12-14H,4-11H2,1-3H3. The summed E-state index contributed by atoms with van der Waals surface area (Å²) in [7, 11) is -3.02. The predicted octanol–water partition coefficient (Wildman–Crippen LogP) is 1.73. The van der Waals surface area contributed by atoms with Crippen LogP contribution in [0, 0.1) is 5.92 Å². The summed E-state index contributed by atoms with van der Waals surface area (Å²) in [5, 5.41) is 3.40. The first-order valence-corrected chi connectivity index (χ1v) is 8.54.